The number of hydrogen-bond acceptors (Lipinski definition) is 12. The lowest BCUT2D eigenvalue weighted by molar-refractivity contribution is -0.224. The van der Waals surface area contributed by atoms with Crippen LogP contribution in [-0.4, -0.2) is 101 Å². The average Bonchev–Trinajstić information content (AvgIpc) is 3.67. The van der Waals surface area contributed by atoms with E-state index in [-0.39, 0.29) is 39.0 Å². The molecule has 1 aliphatic carbocycles. The normalized spacial score (nSPS) is 28.1. The summed E-state index contributed by atoms with van der Waals surface area (Å²) in [6, 6.07) is 5.75. The minimum Gasteiger partial charge on any atom is -0.499 e. The maximum atomic E-state index is 14.8. The summed E-state index contributed by atoms with van der Waals surface area (Å²) in [6.45, 7) is 9.54. The lowest BCUT2D eigenvalue weighted by atomic mass is 9.62. The molecule has 5 rings (SSSR count). The molecule has 1 aromatic carbocycles. The second kappa shape index (κ2) is 18.0. The highest BCUT2D eigenvalue weighted by atomic mass is 16.8. The molecule has 0 spiro atoms. The fraction of sp³-hybridized carbons (Fsp3) is 0.725. The zero-order chi connectivity index (χ0) is 38.2. The van der Waals surface area contributed by atoms with E-state index in [1.165, 1.54) is 6.26 Å². The number of unbranched alkanes of at least 4 members (excludes halogenated alkanes) is 4. The second-order valence-electron chi connectivity index (χ2n) is 15.8. The summed E-state index contributed by atoms with van der Waals surface area (Å²) < 4.78 is 30.6. The molecule has 1 aromatic rings. The molecular formula is C40H60N2O11. The number of rotatable bonds is 20. The monoisotopic (exact) mass is 744 g/mol. The molecule has 296 valence electrons. The van der Waals surface area contributed by atoms with E-state index < -0.39 is 77.8 Å². The second-order valence-corrected chi connectivity index (χ2v) is 15.8. The number of fused-ring (bicyclic) bond motifs is 4. The Morgan fingerprint density at radius 2 is 1.72 bits per heavy atom. The molecule has 4 aliphatic rings. The van der Waals surface area contributed by atoms with Gasteiger partial charge in [-0.25, -0.2) is 0 Å². The third-order valence-corrected chi connectivity index (χ3v) is 10.6. The fourth-order valence-electron chi connectivity index (χ4n) is 8.07. The fourth-order valence-corrected chi connectivity index (χ4v) is 8.07. The van der Waals surface area contributed by atoms with Gasteiger partial charge < -0.3 is 39.2 Å². The first kappa shape index (κ1) is 41.1. The van der Waals surface area contributed by atoms with Crippen LogP contribution in [0.2, 0.25) is 0 Å². The first-order valence-electron chi connectivity index (χ1n) is 19.5. The van der Waals surface area contributed by atoms with Crippen LogP contribution in [0.25, 0.3) is 6.08 Å². The van der Waals surface area contributed by atoms with E-state index >= 15 is 0 Å². The SMILES string of the molecule is CCCCCC1(CCCCC)O[C@@H]2[C@H](O1)[C@H]1ON(Cc3ccc(C=COCCO)cc3)[C@H]3C(=O)O[C@@H]2C[C@@]13C(=O)N[C@H](CO)CCC(=O)OC(C)(C)C. The summed E-state index contributed by atoms with van der Waals surface area (Å²) >= 11 is 0. The van der Waals surface area contributed by atoms with Crippen LogP contribution in [0.3, 0.4) is 0 Å². The van der Waals surface area contributed by atoms with Crippen LogP contribution in [0, 0.1) is 5.41 Å². The maximum Gasteiger partial charge on any atom is 0.327 e. The number of nitrogens with one attached hydrogen (secondary N) is 1. The smallest absolute Gasteiger partial charge is 0.327 e. The van der Waals surface area contributed by atoms with E-state index in [0.29, 0.717) is 12.8 Å². The number of hydroxylamine groups is 2. The van der Waals surface area contributed by atoms with Gasteiger partial charge >= 0.3 is 11.9 Å². The highest BCUT2D eigenvalue weighted by molar-refractivity contribution is 5.93. The Labute approximate surface area is 313 Å². The van der Waals surface area contributed by atoms with E-state index in [1.807, 2.05) is 24.3 Å². The number of benzene rings is 1. The summed E-state index contributed by atoms with van der Waals surface area (Å²) in [4.78, 5) is 48.1. The average molecular weight is 745 g/mol. The molecule has 0 radical (unpaired) electrons. The summed E-state index contributed by atoms with van der Waals surface area (Å²) in [6.07, 6.45) is 7.99. The van der Waals surface area contributed by atoms with Crippen molar-refractivity contribution < 1.29 is 53.1 Å². The molecule has 3 aliphatic heterocycles. The van der Waals surface area contributed by atoms with Crippen molar-refractivity contribution in [2.75, 3.05) is 19.8 Å². The number of amides is 1. The van der Waals surface area contributed by atoms with E-state index in [4.69, 9.17) is 33.6 Å². The maximum absolute atomic E-state index is 14.8. The summed E-state index contributed by atoms with van der Waals surface area (Å²) in [5, 5.41) is 23.8. The van der Waals surface area contributed by atoms with Crippen LogP contribution < -0.4 is 5.32 Å². The van der Waals surface area contributed by atoms with E-state index in [2.05, 4.69) is 19.2 Å². The van der Waals surface area contributed by atoms with Crippen LogP contribution >= 0.6 is 0 Å². The van der Waals surface area contributed by atoms with Gasteiger partial charge in [-0.1, -0.05) is 63.8 Å². The number of carbonyl (C=O) groups excluding carboxylic acids is 3. The van der Waals surface area contributed by atoms with Gasteiger partial charge in [0, 0.05) is 25.7 Å². The summed E-state index contributed by atoms with van der Waals surface area (Å²) in [5.74, 6) is -2.36. The summed E-state index contributed by atoms with van der Waals surface area (Å²) in [5.41, 5.74) is -0.371. The summed E-state index contributed by atoms with van der Waals surface area (Å²) in [7, 11) is 0. The standard InChI is InChI=1S/C40H60N2O11/c1-6-8-10-19-39(20-11-9-7-2)51-32-30-24-40(37(47)41-29(26-44)16-17-31(45)50-38(3,4)5)34(36(46)49-30)42(53-35(40)33(32)52-39)25-28-14-12-27(13-15-28)18-22-48-23-21-43/h12-15,18,22,29-30,32-35,43-44H,6-11,16-17,19-21,23-26H2,1-5H3,(H,41,47)/t29-,30+,32-,33-,34-,35+,40-/m0/s1. The van der Waals surface area contributed by atoms with Crippen molar-refractivity contribution >= 4 is 23.9 Å². The van der Waals surface area contributed by atoms with Crippen LogP contribution in [0.1, 0.15) is 116 Å². The van der Waals surface area contributed by atoms with Crippen molar-refractivity contribution in [1.29, 1.82) is 0 Å². The molecule has 13 heteroatoms. The Kier molecular flexibility index (Phi) is 14.0. The van der Waals surface area contributed by atoms with Crippen molar-refractivity contribution in [2.45, 2.75) is 160 Å². The first-order chi connectivity index (χ1) is 25.4. The molecule has 3 heterocycles. The third kappa shape index (κ3) is 9.60. The quantitative estimate of drug-likeness (QED) is 0.0960. The van der Waals surface area contributed by atoms with Gasteiger partial charge in [0.15, 0.2) is 11.8 Å². The molecule has 7 atom stereocenters. The lowest BCUT2D eigenvalue weighted by Gasteiger charge is -2.49. The molecule has 1 amide bonds. The number of aliphatic hydroxyl groups excluding tert-OH is 2. The van der Waals surface area contributed by atoms with Crippen LogP contribution in [0.5, 0.6) is 0 Å². The van der Waals surface area contributed by atoms with Gasteiger partial charge in [-0.3, -0.25) is 19.2 Å². The van der Waals surface area contributed by atoms with Gasteiger partial charge in [0.1, 0.15) is 42.0 Å². The van der Waals surface area contributed by atoms with Gasteiger partial charge in [-0.15, -0.1) is 0 Å². The predicted molar refractivity (Wildman–Crippen MR) is 195 cm³/mol. The molecule has 53 heavy (non-hydrogen) atoms. The van der Waals surface area contributed by atoms with Crippen LogP contribution in [0.15, 0.2) is 30.5 Å². The van der Waals surface area contributed by atoms with Gasteiger partial charge in [-0.2, -0.15) is 5.06 Å². The molecule has 1 saturated carbocycles. The molecule has 3 N–H and O–H groups in total. The van der Waals surface area contributed by atoms with E-state index in [1.54, 1.807) is 31.9 Å². The molecular weight excluding hydrogens is 684 g/mol. The number of nitrogens with zero attached hydrogens (tertiary/aromatic N) is 1. The largest absolute Gasteiger partial charge is 0.499 e. The predicted octanol–water partition coefficient (Wildman–Crippen LogP) is 4.71. The van der Waals surface area contributed by atoms with E-state index in [0.717, 1.165) is 49.7 Å². The van der Waals surface area contributed by atoms with Crippen molar-refractivity contribution in [2.24, 2.45) is 5.41 Å². The number of ether oxygens (including phenoxy) is 5. The topological polar surface area (TPSA) is 162 Å². The zero-order valence-electron chi connectivity index (χ0n) is 32.1. The van der Waals surface area contributed by atoms with Crippen LogP contribution in [-0.2, 0) is 49.5 Å². The highest BCUT2D eigenvalue weighted by Gasteiger charge is 2.76. The first-order valence-corrected chi connectivity index (χ1v) is 19.5. The Bertz CT molecular complexity index is 1400. The Morgan fingerprint density at radius 1 is 1.04 bits per heavy atom. The van der Waals surface area contributed by atoms with Crippen molar-refractivity contribution in [3.63, 3.8) is 0 Å². The molecule has 3 saturated heterocycles. The minimum absolute atomic E-state index is 0.00560. The third-order valence-electron chi connectivity index (χ3n) is 10.6. The van der Waals surface area contributed by atoms with E-state index in [9.17, 15) is 19.5 Å². The molecule has 2 bridgehead atoms. The number of hydrogen-bond donors (Lipinski definition) is 3. The Hall–Kier alpha value is -3.07. The van der Waals surface area contributed by atoms with Gasteiger partial charge in [-0.05, 0) is 57.2 Å². The molecule has 13 nitrogen and oxygen atoms in total. The Balaban J connectivity index is 1.44. The number of aliphatic hydroxyl groups is 2. The molecule has 4 fully saturated rings. The zero-order valence-corrected chi connectivity index (χ0v) is 32.1. The highest BCUT2D eigenvalue weighted by Crippen LogP contribution is 2.58. The minimum atomic E-state index is -1.42. The van der Waals surface area contributed by atoms with Crippen molar-refractivity contribution in [1.82, 2.24) is 10.4 Å². The van der Waals surface area contributed by atoms with Gasteiger partial charge in [0.2, 0.25) is 5.91 Å². The Morgan fingerprint density at radius 3 is 2.34 bits per heavy atom. The van der Waals surface area contributed by atoms with Gasteiger partial charge in [0.25, 0.3) is 0 Å². The van der Waals surface area contributed by atoms with Crippen molar-refractivity contribution in [3.05, 3.63) is 41.7 Å². The number of esters is 2. The van der Waals surface area contributed by atoms with Gasteiger partial charge in [0.05, 0.1) is 32.1 Å². The van der Waals surface area contributed by atoms with Crippen molar-refractivity contribution in [3.8, 4) is 0 Å². The lowest BCUT2D eigenvalue weighted by Crippen LogP contribution is -2.70. The van der Waals surface area contributed by atoms with Crippen LogP contribution in [0.4, 0.5) is 0 Å². The number of carbonyl (C=O) groups is 3. The molecule has 0 unspecified atom stereocenters. The molecule has 0 aromatic heterocycles.